The molecule has 1 aromatic rings. The van der Waals surface area contributed by atoms with Gasteiger partial charge in [-0.1, -0.05) is 31.1 Å². The molecule has 0 saturated heterocycles. The number of methoxy groups -OCH3 is 2. The smallest absolute Gasteiger partial charge is 0.305 e. The summed E-state index contributed by atoms with van der Waals surface area (Å²) in [6.07, 6.45) is 7.93. The maximum atomic E-state index is 11.9. The fraction of sp³-hybridized carbons (Fsp3) is 0.500. The van der Waals surface area contributed by atoms with Crippen LogP contribution in [0.3, 0.4) is 0 Å². The van der Waals surface area contributed by atoms with Crippen molar-refractivity contribution in [2.75, 3.05) is 27.4 Å². The van der Waals surface area contributed by atoms with Gasteiger partial charge in [0.1, 0.15) is 0 Å². The van der Waals surface area contributed by atoms with Gasteiger partial charge in [-0.3, -0.25) is 9.59 Å². The van der Waals surface area contributed by atoms with Crippen LogP contribution in [-0.2, 0) is 14.3 Å². The van der Waals surface area contributed by atoms with Gasteiger partial charge in [-0.15, -0.1) is 0 Å². The summed E-state index contributed by atoms with van der Waals surface area (Å²) >= 11 is 0. The second-order valence-corrected chi connectivity index (χ2v) is 5.79. The second-order valence-electron chi connectivity index (χ2n) is 5.79. The van der Waals surface area contributed by atoms with Gasteiger partial charge in [0.05, 0.1) is 14.2 Å². The molecule has 0 aliphatic heterocycles. The third kappa shape index (κ3) is 8.55. The summed E-state index contributed by atoms with van der Waals surface area (Å²) in [5.41, 5.74) is 1.01. The molecule has 0 unspecified atom stereocenters. The third-order valence-corrected chi connectivity index (χ3v) is 3.76. The van der Waals surface area contributed by atoms with Gasteiger partial charge in [0.15, 0.2) is 18.1 Å². The highest BCUT2D eigenvalue weighted by atomic mass is 16.5. The number of hydrogen-bond acceptors (Lipinski definition) is 5. The summed E-state index contributed by atoms with van der Waals surface area (Å²) < 4.78 is 15.4. The molecule has 6 heteroatoms. The molecule has 144 valence electrons. The molecule has 0 heterocycles. The van der Waals surface area contributed by atoms with E-state index in [2.05, 4.69) is 10.1 Å². The summed E-state index contributed by atoms with van der Waals surface area (Å²) in [6, 6.07) is 5.56. The predicted octanol–water partition coefficient (Wildman–Crippen LogP) is 3.35. The average molecular weight is 363 g/mol. The Labute approximate surface area is 155 Å². The molecule has 0 aliphatic carbocycles. The monoisotopic (exact) mass is 363 g/mol. The Hall–Kier alpha value is -2.50. The fourth-order valence-electron chi connectivity index (χ4n) is 2.37. The van der Waals surface area contributed by atoms with Gasteiger partial charge in [-0.2, -0.15) is 0 Å². The minimum Gasteiger partial charge on any atom is -0.493 e. The van der Waals surface area contributed by atoms with Crippen molar-refractivity contribution in [2.24, 2.45) is 0 Å². The van der Waals surface area contributed by atoms with E-state index in [4.69, 9.17) is 9.47 Å². The highest BCUT2D eigenvalue weighted by Crippen LogP contribution is 2.28. The minimum atomic E-state index is -0.176. The van der Waals surface area contributed by atoms with Crippen LogP contribution < -0.4 is 14.8 Å². The highest BCUT2D eigenvalue weighted by Gasteiger charge is 2.08. The molecule has 0 spiro atoms. The molecule has 0 bridgehead atoms. The van der Waals surface area contributed by atoms with E-state index in [1.54, 1.807) is 13.2 Å². The molecule has 0 radical (unpaired) electrons. The summed E-state index contributed by atoms with van der Waals surface area (Å²) in [6.45, 7) is 2.49. The van der Waals surface area contributed by atoms with Gasteiger partial charge >= 0.3 is 5.97 Å². The first-order valence-corrected chi connectivity index (χ1v) is 8.87. The number of allylic oxidation sites excluding steroid dienone is 1. The number of esters is 1. The van der Waals surface area contributed by atoms with Crippen molar-refractivity contribution in [2.45, 2.75) is 39.0 Å². The van der Waals surface area contributed by atoms with Crippen molar-refractivity contribution >= 4 is 18.0 Å². The van der Waals surface area contributed by atoms with Gasteiger partial charge in [-0.05, 0) is 37.5 Å². The highest BCUT2D eigenvalue weighted by molar-refractivity contribution is 5.77. The molecule has 0 aromatic heterocycles. The first-order valence-electron chi connectivity index (χ1n) is 8.87. The van der Waals surface area contributed by atoms with Crippen molar-refractivity contribution in [3.8, 4) is 11.5 Å². The molecule has 26 heavy (non-hydrogen) atoms. The van der Waals surface area contributed by atoms with E-state index >= 15 is 0 Å². The zero-order valence-corrected chi connectivity index (χ0v) is 15.9. The zero-order chi connectivity index (χ0) is 19.2. The van der Waals surface area contributed by atoms with E-state index in [0.29, 0.717) is 24.5 Å². The van der Waals surface area contributed by atoms with E-state index in [1.165, 1.54) is 7.11 Å². The van der Waals surface area contributed by atoms with E-state index < -0.39 is 0 Å². The van der Waals surface area contributed by atoms with Crippen LogP contribution in [0, 0.1) is 0 Å². The number of benzene rings is 1. The van der Waals surface area contributed by atoms with Crippen molar-refractivity contribution in [1.29, 1.82) is 0 Å². The number of hydrogen-bond donors (Lipinski definition) is 1. The number of rotatable bonds is 12. The maximum absolute atomic E-state index is 11.9. The Balaban J connectivity index is 2.23. The molecule has 0 fully saturated rings. The van der Waals surface area contributed by atoms with E-state index in [9.17, 15) is 9.59 Å². The lowest BCUT2D eigenvalue weighted by molar-refractivity contribution is -0.140. The van der Waals surface area contributed by atoms with Crippen molar-refractivity contribution in [3.05, 3.63) is 29.8 Å². The van der Waals surface area contributed by atoms with Crippen molar-refractivity contribution in [3.63, 3.8) is 0 Å². The van der Waals surface area contributed by atoms with Crippen molar-refractivity contribution in [1.82, 2.24) is 5.32 Å². The normalized spacial score (nSPS) is 10.6. The van der Waals surface area contributed by atoms with Crippen LogP contribution in [0.25, 0.3) is 6.08 Å². The SMILES string of the molecule is C/C=C/c1ccc(OCC(=O)NCCCCCCC(=O)OC)c(OC)c1. The molecule has 1 amide bonds. The Kier molecular flexibility index (Phi) is 10.6. The Morgan fingerprint density at radius 3 is 2.54 bits per heavy atom. The fourth-order valence-corrected chi connectivity index (χ4v) is 2.37. The lowest BCUT2D eigenvalue weighted by Crippen LogP contribution is -2.29. The molecule has 6 nitrogen and oxygen atoms in total. The molecule has 0 atom stereocenters. The van der Waals surface area contributed by atoms with E-state index in [1.807, 2.05) is 31.2 Å². The Bertz CT molecular complexity index is 598. The molecular weight excluding hydrogens is 334 g/mol. The molecule has 1 rings (SSSR count). The van der Waals surface area contributed by atoms with Crippen LogP contribution in [0.1, 0.15) is 44.6 Å². The van der Waals surface area contributed by atoms with Crippen molar-refractivity contribution < 1.29 is 23.8 Å². The standard InChI is InChI=1S/C20H29NO5/c1-4-9-16-11-12-17(18(14-16)24-2)26-15-19(22)21-13-8-6-5-7-10-20(23)25-3/h4,9,11-12,14H,5-8,10,13,15H2,1-3H3,(H,21,22)/b9-4+. The number of unbranched alkanes of at least 4 members (excludes halogenated alkanes) is 3. The third-order valence-electron chi connectivity index (χ3n) is 3.76. The molecule has 0 aliphatic rings. The lowest BCUT2D eigenvalue weighted by Gasteiger charge is -2.11. The summed E-state index contributed by atoms with van der Waals surface area (Å²) in [5.74, 6) is 0.793. The zero-order valence-electron chi connectivity index (χ0n) is 15.9. The van der Waals surface area contributed by atoms with Gasteiger partial charge in [0.25, 0.3) is 5.91 Å². The molecule has 1 aromatic carbocycles. The van der Waals surface area contributed by atoms with Crippen LogP contribution >= 0.6 is 0 Å². The molecule has 0 saturated carbocycles. The first-order chi connectivity index (χ1) is 12.6. The summed E-state index contributed by atoms with van der Waals surface area (Å²) in [5, 5.41) is 2.83. The minimum absolute atomic E-state index is 0.0539. The predicted molar refractivity (Wildman–Crippen MR) is 101 cm³/mol. The quantitative estimate of drug-likeness (QED) is 0.455. The van der Waals surface area contributed by atoms with Crippen LogP contribution in [0.4, 0.5) is 0 Å². The number of nitrogens with one attached hydrogen (secondary N) is 1. The van der Waals surface area contributed by atoms with Crippen LogP contribution in [-0.4, -0.2) is 39.2 Å². The molecular formula is C20H29NO5. The Morgan fingerprint density at radius 1 is 1.08 bits per heavy atom. The molecule has 1 N–H and O–H groups in total. The number of carbonyl (C=O) groups is 2. The van der Waals surface area contributed by atoms with Crippen LogP contribution in [0.5, 0.6) is 11.5 Å². The topological polar surface area (TPSA) is 73.9 Å². The van der Waals surface area contributed by atoms with Crippen LogP contribution in [0.15, 0.2) is 24.3 Å². The van der Waals surface area contributed by atoms with Gasteiger partial charge in [0.2, 0.25) is 0 Å². The number of amides is 1. The van der Waals surface area contributed by atoms with E-state index in [0.717, 1.165) is 31.2 Å². The summed E-state index contributed by atoms with van der Waals surface area (Å²) in [7, 11) is 2.97. The summed E-state index contributed by atoms with van der Waals surface area (Å²) in [4.78, 5) is 22.8. The Morgan fingerprint density at radius 2 is 1.85 bits per heavy atom. The van der Waals surface area contributed by atoms with E-state index in [-0.39, 0.29) is 18.5 Å². The lowest BCUT2D eigenvalue weighted by atomic mass is 10.1. The van der Waals surface area contributed by atoms with Crippen LogP contribution in [0.2, 0.25) is 0 Å². The first kappa shape index (κ1) is 21.5. The van der Waals surface area contributed by atoms with Gasteiger partial charge < -0.3 is 19.5 Å². The maximum Gasteiger partial charge on any atom is 0.305 e. The average Bonchev–Trinajstić information content (AvgIpc) is 2.65. The second kappa shape index (κ2) is 12.8. The van der Waals surface area contributed by atoms with Gasteiger partial charge in [-0.25, -0.2) is 0 Å². The number of ether oxygens (including phenoxy) is 3. The number of carbonyl (C=O) groups excluding carboxylic acids is 2. The van der Waals surface area contributed by atoms with Gasteiger partial charge in [0, 0.05) is 13.0 Å². The largest absolute Gasteiger partial charge is 0.493 e.